The normalized spacial score (nSPS) is 11.0. The average Bonchev–Trinajstić information content (AvgIpc) is 3.03. The Morgan fingerprint density at radius 2 is 1.83 bits per heavy atom. The van der Waals surface area contributed by atoms with Crippen molar-refractivity contribution in [3.05, 3.63) is 71.1 Å². The minimum absolute atomic E-state index is 0.218. The number of aromatic amines is 1. The van der Waals surface area contributed by atoms with Crippen molar-refractivity contribution in [1.82, 2.24) is 19.9 Å². The quantitative estimate of drug-likeness (QED) is 0.440. The fourth-order valence-corrected chi connectivity index (χ4v) is 3.54. The Morgan fingerprint density at radius 1 is 1.00 bits per heavy atom. The highest BCUT2D eigenvalue weighted by atomic mass is 19.1. The Balaban J connectivity index is 1.46. The van der Waals surface area contributed by atoms with E-state index < -0.39 is 0 Å². The van der Waals surface area contributed by atoms with E-state index in [0.717, 1.165) is 46.0 Å². The average molecular weight is 390 g/mol. The number of aromatic nitrogens is 4. The molecule has 0 saturated heterocycles. The molecule has 0 spiro atoms. The molecule has 0 aliphatic carbocycles. The van der Waals surface area contributed by atoms with Gasteiger partial charge in [-0.2, -0.15) is 0 Å². The monoisotopic (exact) mass is 390 g/mol. The summed E-state index contributed by atoms with van der Waals surface area (Å²) >= 11 is 0. The van der Waals surface area contributed by atoms with Gasteiger partial charge < -0.3 is 15.6 Å². The lowest BCUT2D eigenvalue weighted by Crippen LogP contribution is -2.08. The van der Waals surface area contributed by atoms with Crippen LogP contribution < -0.4 is 10.6 Å². The fourth-order valence-electron chi connectivity index (χ4n) is 3.54. The lowest BCUT2D eigenvalue weighted by atomic mass is 10.0. The summed E-state index contributed by atoms with van der Waals surface area (Å²) in [6.45, 7) is 6.60. The Hall–Kier alpha value is -3.48. The number of fused-ring (bicyclic) bond motifs is 1. The molecule has 0 fully saturated rings. The van der Waals surface area contributed by atoms with Gasteiger partial charge in [-0.1, -0.05) is 12.1 Å². The minimum atomic E-state index is -0.218. The third-order valence-electron chi connectivity index (χ3n) is 4.92. The molecule has 1 aromatic carbocycles. The van der Waals surface area contributed by atoms with E-state index in [1.807, 2.05) is 51.1 Å². The van der Waals surface area contributed by atoms with Crippen molar-refractivity contribution in [2.75, 3.05) is 17.2 Å². The standard InChI is InChI=1S/C22H23FN6/c1-13-7-8-17(23)22-21(13)16(15(3)28-22)9-10-24-19-11-20(26-12-25-19)29-18-6-4-5-14(2)27-18/h4-8,11-12,28H,9-10H2,1-3H3,(H2,24,25,26,27,29). The Kier molecular flexibility index (Phi) is 5.12. The molecule has 0 atom stereocenters. The number of rotatable bonds is 6. The summed E-state index contributed by atoms with van der Waals surface area (Å²) < 4.78 is 14.1. The van der Waals surface area contributed by atoms with Crippen LogP contribution >= 0.6 is 0 Å². The molecule has 3 heterocycles. The summed E-state index contributed by atoms with van der Waals surface area (Å²) in [6, 6.07) is 11.0. The van der Waals surface area contributed by atoms with Gasteiger partial charge in [0, 0.05) is 29.4 Å². The molecule has 4 rings (SSSR count). The third kappa shape index (κ3) is 4.03. The second-order valence-electron chi connectivity index (χ2n) is 7.10. The van der Waals surface area contributed by atoms with Crippen LogP contribution in [0.1, 0.15) is 22.5 Å². The van der Waals surface area contributed by atoms with Gasteiger partial charge in [-0.05, 0) is 56.5 Å². The van der Waals surface area contributed by atoms with Crippen LogP contribution in [0.2, 0.25) is 0 Å². The first-order chi connectivity index (χ1) is 14.0. The van der Waals surface area contributed by atoms with Crippen LogP contribution in [0.3, 0.4) is 0 Å². The van der Waals surface area contributed by atoms with Gasteiger partial charge in [0.2, 0.25) is 0 Å². The summed E-state index contributed by atoms with van der Waals surface area (Å²) in [4.78, 5) is 16.1. The second kappa shape index (κ2) is 7.87. The van der Waals surface area contributed by atoms with E-state index in [1.165, 1.54) is 12.4 Å². The Morgan fingerprint density at radius 3 is 2.66 bits per heavy atom. The molecule has 148 valence electrons. The second-order valence-corrected chi connectivity index (χ2v) is 7.10. The molecule has 0 saturated carbocycles. The molecule has 3 aromatic heterocycles. The first-order valence-electron chi connectivity index (χ1n) is 9.54. The van der Waals surface area contributed by atoms with Crippen LogP contribution in [0.5, 0.6) is 0 Å². The smallest absolute Gasteiger partial charge is 0.147 e. The molecular weight excluding hydrogens is 367 g/mol. The number of benzene rings is 1. The predicted octanol–water partition coefficient (Wildman–Crippen LogP) is 4.82. The number of hydrogen-bond acceptors (Lipinski definition) is 5. The lowest BCUT2D eigenvalue weighted by molar-refractivity contribution is 0.637. The van der Waals surface area contributed by atoms with E-state index >= 15 is 0 Å². The number of nitrogens with one attached hydrogen (secondary N) is 3. The summed E-state index contributed by atoms with van der Waals surface area (Å²) in [6.07, 6.45) is 2.26. The highest BCUT2D eigenvalue weighted by molar-refractivity contribution is 5.88. The zero-order chi connectivity index (χ0) is 20.4. The number of nitrogens with zero attached hydrogens (tertiary/aromatic N) is 3. The first-order valence-corrected chi connectivity index (χ1v) is 9.54. The molecule has 0 amide bonds. The summed E-state index contributed by atoms with van der Waals surface area (Å²) in [7, 11) is 0. The highest BCUT2D eigenvalue weighted by Gasteiger charge is 2.13. The van der Waals surface area contributed by atoms with Crippen LogP contribution in [0.4, 0.5) is 21.8 Å². The summed E-state index contributed by atoms with van der Waals surface area (Å²) in [5, 5.41) is 7.49. The number of hydrogen-bond donors (Lipinski definition) is 3. The number of pyridine rings is 1. The van der Waals surface area contributed by atoms with Gasteiger partial charge >= 0.3 is 0 Å². The molecule has 0 radical (unpaired) electrons. The molecule has 0 aliphatic rings. The Labute approximate surface area is 168 Å². The molecule has 0 aliphatic heterocycles. The van der Waals surface area contributed by atoms with Crippen molar-refractivity contribution in [2.45, 2.75) is 27.2 Å². The van der Waals surface area contributed by atoms with Gasteiger partial charge in [-0.25, -0.2) is 19.3 Å². The first kappa shape index (κ1) is 18.9. The van der Waals surface area contributed by atoms with E-state index in [4.69, 9.17) is 0 Å². The maximum absolute atomic E-state index is 14.1. The predicted molar refractivity (Wildman–Crippen MR) is 114 cm³/mol. The zero-order valence-corrected chi connectivity index (χ0v) is 16.7. The molecule has 0 unspecified atom stereocenters. The summed E-state index contributed by atoms with van der Waals surface area (Å²) in [5.74, 6) is 1.91. The fraction of sp³-hybridized carbons (Fsp3) is 0.227. The van der Waals surface area contributed by atoms with Gasteiger partial charge in [-0.3, -0.25) is 0 Å². The highest BCUT2D eigenvalue weighted by Crippen LogP contribution is 2.28. The van der Waals surface area contributed by atoms with Crippen molar-refractivity contribution < 1.29 is 4.39 Å². The van der Waals surface area contributed by atoms with Crippen LogP contribution in [-0.2, 0) is 6.42 Å². The van der Waals surface area contributed by atoms with Crippen LogP contribution in [0.25, 0.3) is 10.9 Å². The van der Waals surface area contributed by atoms with E-state index in [1.54, 1.807) is 0 Å². The third-order valence-corrected chi connectivity index (χ3v) is 4.92. The molecule has 3 N–H and O–H groups in total. The van der Waals surface area contributed by atoms with Crippen molar-refractivity contribution in [1.29, 1.82) is 0 Å². The largest absolute Gasteiger partial charge is 0.370 e. The minimum Gasteiger partial charge on any atom is -0.370 e. The molecule has 29 heavy (non-hydrogen) atoms. The van der Waals surface area contributed by atoms with E-state index in [9.17, 15) is 4.39 Å². The zero-order valence-electron chi connectivity index (χ0n) is 16.7. The van der Waals surface area contributed by atoms with Crippen LogP contribution in [-0.4, -0.2) is 26.5 Å². The topological polar surface area (TPSA) is 78.5 Å². The maximum atomic E-state index is 14.1. The molecule has 6 nitrogen and oxygen atoms in total. The van der Waals surface area contributed by atoms with Crippen LogP contribution in [0.15, 0.2) is 42.7 Å². The van der Waals surface area contributed by atoms with Crippen molar-refractivity contribution in [3.63, 3.8) is 0 Å². The number of H-pyrrole nitrogens is 1. The summed E-state index contributed by atoms with van der Waals surface area (Å²) in [5.41, 5.74) is 4.70. The van der Waals surface area contributed by atoms with Crippen LogP contribution in [0, 0.1) is 26.6 Å². The van der Waals surface area contributed by atoms with Gasteiger partial charge in [0.05, 0.1) is 5.52 Å². The van der Waals surface area contributed by atoms with E-state index in [2.05, 4.69) is 30.6 Å². The molecular formula is C22H23FN6. The number of aryl methyl sites for hydroxylation is 3. The van der Waals surface area contributed by atoms with Crippen molar-refractivity contribution in [2.24, 2.45) is 0 Å². The van der Waals surface area contributed by atoms with Crippen molar-refractivity contribution in [3.8, 4) is 0 Å². The number of halogens is 1. The SMILES string of the molecule is Cc1cccc(Nc2cc(NCCc3c(C)[nH]c4c(F)ccc(C)c34)ncn2)n1. The van der Waals surface area contributed by atoms with Gasteiger partial charge in [0.15, 0.2) is 0 Å². The van der Waals surface area contributed by atoms with Gasteiger partial charge in [0.1, 0.15) is 29.6 Å². The molecule has 4 aromatic rings. The van der Waals surface area contributed by atoms with Crippen molar-refractivity contribution >= 4 is 28.4 Å². The van der Waals surface area contributed by atoms with Gasteiger partial charge in [0.25, 0.3) is 0 Å². The maximum Gasteiger partial charge on any atom is 0.147 e. The van der Waals surface area contributed by atoms with E-state index in [-0.39, 0.29) is 5.82 Å². The Bertz CT molecular complexity index is 1170. The van der Waals surface area contributed by atoms with E-state index in [0.29, 0.717) is 17.9 Å². The lowest BCUT2D eigenvalue weighted by Gasteiger charge is -2.09. The number of anilines is 3. The van der Waals surface area contributed by atoms with Gasteiger partial charge in [-0.15, -0.1) is 0 Å². The molecule has 7 heteroatoms. The molecule has 0 bridgehead atoms.